The maximum Gasteiger partial charge on any atom is 0.224 e. The number of aliphatic hydroxyl groups excluding tert-OH is 1. The van der Waals surface area contributed by atoms with Crippen LogP contribution in [0.2, 0.25) is 0 Å². The average Bonchev–Trinajstić information content (AvgIpc) is 2.47. The molecule has 80 valence electrons. The summed E-state index contributed by atoms with van der Waals surface area (Å²) in [5, 5.41) is 9.37. The second kappa shape index (κ2) is 4.19. The minimum Gasteiger partial charge on any atom is -0.393 e. The van der Waals surface area contributed by atoms with Crippen LogP contribution in [0.1, 0.15) is 32.1 Å². The molecule has 0 spiro atoms. The highest BCUT2D eigenvalue weighted by molar-refractivity contribution is 9.09. The van der Waals surface area contributed by atoms with Crippen molar-refractivity contribution >= 4 is 21.8 Å². The van der Waals surface area contributed by atoms with Crippen LogP contribution < -0.4 is 0 Å². The lowest BCUT2D eigenvalue weighted by Crippen LogP contribution is -2.40. The topological polar surface area (TPSA) is 40.5 Å². The lowest BCUT2D eigenvalue weighted by Gasteiger charge is -2.32. The van der Waals surface area contributed by atoms with Crippen LogP contribution >= 0.6 is 15.9 Å². The fourth-order valence-corrected chi connectivity index (χ4v) is 3.00. The summed E-state index contributed by atoms with van der Waals surface area (Å²) in [6.45, 7) is 0.847. The van der Waals surface area contributed by atoms with E-state index in [1.54, 1.807) is 0 Å². The second-order valence-corrected chi connectivity index (χ2v) is 5.60. The Bertz CT molecular complexity index is 226. The van der Waals surface area contributed by atoms with Gasteiger partial charge in [-0.2, -0.15) is 0 Å². The average molecular weight is 262 g/mol. The van der Waals surface area contributed by atoms with E-state index in [-0.39, 0.29) is 12.0 Å². The molecule has 1 aliphatic carbocycles. The number of alkyl halides is 1. The van der Waals surface area contributed by atoms with E-state index in [1.807, 2.05) is 4.90 Å². The van der Waals surface area contributed by atoms with E-state index < -0.39 is 0 Å². The maximum absolute atomic E-state index is 11.6. The van der Waals surface area contributed by atoms with Crippen molar-refractivity contribution in [1.29, 1.82) is 0 Å². The number of rotatable bonds is 1. The Hall–Kier alpha value is -0.0900. The number of carbonyl (C=O) groups is 1. The summed E-state index contributed by atoms with van der Waals surface area (Å²) in [5.41, 5.74) is 0. The van der Waals surface area contributed by atoms with Gasteiger partial charge in [0.25, 0.3) is 0 Å². The Morgan fingerprint density at radius 2 is 1.93 bits per heavy atom. The van der Waals surface area contributed by atoms with Crippen LogP contribution in [0.15, 0.2) is 0 Å². The van der Waals surface area contributed by atoms with Crippen LogP contribution in [-0.2, 0) is 4.79 Å². The monoisotopic (exact) mass is 261 g/mol. The molecule has 0 aromatic carbocycles. The molecular weight excluding hydrogens is 246 g/mol. The normalized spacial score (nSPS) is 39.1. The van der Waals surface area contributed by atoms with Crippen LogP contribution in [0.5, 0.6) is 0 Å². The first-order valence-corrected chi connectivity index (χ1v) is 6.20. The Morgan fingerprint density at radius 3 is 2.43 bits per heavy atom. The van der Waals surface area contributed by atoms with Crippen molar-refractivity contribution in [3.63, 3.8) is 0 Å². The Labute approximate surface area is 92.6 Å². The van der Waals surface area contributed by atoms with Gasteiger partial charge in [0.05, 0.1) is 6.10 Å². The van der Waals surface area contributed by atoms with Crippen LogP contribution in [-0.4, -0.2) is 39.4 Å². The van der Waals surface area contributed by atoms with Gasteiger partial charge in [-0.1, -0.05) is 15.9 Å². The van der Waals surface area contributed by atoms with E-state index in [0.29, 0.717) is 17.3 Å². The molecule has 14 heavy (non-hydrogen) atoms. The second-order valence-electron chi connectivity index (χ2n) is 4.31. The van der Waals surface area contributed by atoms with Gasteiger partial charge >= 0.3 is 0 Å². The molecular formula is C10H16BrNO2. The van der Waals surface area contributed by atoms with E-state index in [9.17, 15) is 9.90 Å². The third-order valence-electron chi connectivity index (χ3n) is 3.22. The lowest BCUT2D eigenvalue weighted by atomic mass is 9.92. The zero-order valence-corrected chi connectivity index (χ0v) is 9.74. The van der Waals surface area contributed by atoms with Gasteiger partial charge in [-0.05, 0) is 25.7 Å². The lowest BCUT2D eigenvalue weighted by molar-refractivity contribution is -0.130. The quantitative estimate of drug-likeness (QED) is 0.723. The third kappa shape index (κ3) is 2.11. The summed E-state index contributed by atoms with van der Waals surface area (Å²) in [6, 6.07) is 0.383. The molecule has 4 heteroatoms. The summed E-state index contributed by atoms with van der Waals surface area (Å²) in [6.07, 6.45) is 4.13. The van der Waals surface area contributed by atoms with Crippen molar-refractivity contribution in [3.05, 3.63) is 0 Å². The molecule has 2 aliphatic rings. The number of hydrogen-bond donors (Lipinski definition) is 1. The van der Waals surface area contributed by atoms with Crippen molar-refractivity contribution in [3.8, 4) is 0 Å². The highest BCUT2D eigenvalue weighted by Gasteiger charge is 2.34. The first-order valence-electron chi connectivity index (χ1n) is 5.28. The number of amides is 1. The highest BCUT2D eigenvalue weighted by atomic mass is 79.9. The minimum atomic E-state index is -0.135. The summed E-state index contributed by atoms with van der Waals surface area (Å²) in [4.78, 5) is 13.9. The zero-order valence-electron chi connectivity index (χ0n) is 8.16. The standard InChI is InChI=1S/C10H16BrNO2/c11-7-5-10(14)12(6-7)8-1-3-9(13)4-2-8/h7-9,13H,1-6H2. The van der Waals surface area contributed by atoms with E-state index >= 15 is 0 Å². The highest BCUT2D eigenvalue weighted by Crippen LogP contribution is 2.28. The van der Waals surface area contributed by atoms with Gasteiger partial charge in [0.1, 0.15) is 0 Å². The Kier molecular flexibility index (Phi) is 3.12. The molecule has 1 unspecified atom stereocenters. The van der Waals surface area contributed by atoms with Crippen molar-refractivity contribution < 1.29 is 9.90 Å². The van der Waals surface area contributed by atoms with E-state index in [4.69, 9.17) is 0 Å². The van der Waals surface area contributed by atoms with Crippen molar-refractivity contribution in [2.24, 2.45) is 0 Å². The van der Waals surface area contributed by atoms with Gasteiger partial charge in [-0.15, -0.1) is 0 Å². The third-order valence-corrected chi connectivity index (χ3v) is 3.83. The molecule has 1 amide bonds. The molecule has 2 fully saturated rings. The number of carbonyl (C=O) groups excluding carboxylic acids is 1. The van der Waals surface area contributed by atoms with Gasteiger partial charge in [0, 0.05) is 23.8 Å². The number of aliphatic hydroxyl groups is 1. The predicted octanol–water partition coefficient (Wildman–Crippen LogP) is 1.29. The first-order chi connectivity index (χ1) is 6.66. The maximum atomic E-state index is 11.6. The minimum absolute atomic E-state index is 0.135. The van der Waals surface area contributed by atoms with Gasteiger partial charge in [-0.3, -0.25) is 4.79 Å². The predicted molar refractivity (Wildman–Crippen MR) is 57.3 cm³/mol. The number of hydrogen-bond acceptors (Lipinski definition) is 2. The molecule has 0 aromatic rings. The van der Waals surface area contributed by atoms with E-state index in [1.165, 1.54) is 0 Å². The molecule has 1 saturated carbocycles. The van der Waals surface area contributed by atoms with Gasteiger partial charge in [0.15, 0.2) is 0 Å². The molecule has 1 aliphatic heterocycles. The first kappa shape index (κ1) is 10.4. The molecule has 3 nitrogen and oxygen atoms in total. The van der Waals surface area contributed by atoms with Gasteiger partial charge in [0.2, 0.25) is 5.91 Å². The summed E-state index contributed by atoms with van der Waals surface area (Å²) < 4.78 is 0. The summed E-state index contributed by atoms with van der Waals surface area (Å²) >= 11 is 3.49. The van der Waals surface area contributed by atoms with Gasteiger partial charge < -0.3 is 10.0 Å². The fraction of sp³-hybridized carbons (Fsp3) is 0.900. The zero-order chi connectivity index (χ0) is 10.1. The summed E-state index contributed by atoms with van der Waals surface area (Å²) in [5.74, 6) is 0.272. The van der Waals surface area contributed by atoms with Crippen LogP contribution in [0.3, 0.4) is 0 Å². The summed E-state index contributed by atoms with van der Waals surface area (Å²) in [7, 11) is 0. The molecule has 2 rings (SSSR count). The molecule has 0 radical (unpaired) electrons. The van der Waals surface area contributed by atoms with Crippen molar-refractivity contribution in [1.82, 2.24) is 4.90 Å². The molecule has 1 saturated heterocycles. The van der Waals surface area contributed by atoms with E-state index in [2.05, 4.69) is 15.9 Å². The number of nitrogens with zero attached hydrogens (tertiary/aromatic N) is 1. The molecule has 1 atom stereocenters. The van der Waals surface area contributed by atoms with Crippen LogP contribution in [0.25, 0.3) is 0 Å². The van der Waals surface area contributed by atoms with Crippen LogP contribution in [0.4, 0.5) is 0 Å². The molecule has 1 N–H and O–H groups in total. The van der Waals surface area contributed by atoms with Crippen molar-refractivity contribution in [2.45, 2.75) is 49.1 Å². The SMILES string of the molecule is O=C1CC(Br)CN1C1CCC(O)CC1. The number of likely N-dealkylation sites (tertiary alicyclic amines) is 1. The Morgan fingerprint density at radius 1 is 1.29 bits per heavy atom. The molecule has 0 bridgehead atoms. The van der Waals surface area contributed by atoms with Crippen LogP contribution in [0, 0.1) is 0 Å². The van der Waals surface area contributed by atoms with Crippen molar-refractivity contribution in [2.75, 3.05) is 6.54 Å². The number of halogens is 1. The Balaban J connectivity index is 1.92. The van der Waals surface area contributed by atoms with Gasteiger partial charge in [-0.25, -0.2) is 0 Å². The molecule has 0 aromatic heterocycles. The molecule has 1 heterocycles. The fourth-order valence-electron chi connectivity index (χ4n) is 2.41. The largest absolute Gasteiger partial charge is 0.393 e. The smallest absolute Gasteiger partial charge is 0.224 e. The van der Waals surface area contributed by atoms with E-state index in [0.717, 1.165) is 32.2 Å².